The van der Waals surface area contributed by atoms with Crippen LogP contribution in [-0.2, 0) is 0 Å². The number of methoxy groups -OCH3 is 1. The lowest BCUT2D eigenvalue weighted by molar-refractivity contribution is 0.269. The van der Waals surface area contributed by atoms with Gasteiger partial charge in [0.15, 0.2) is 5.75 Å². The van der Waals surface area contributed by atoms with Crippen LogP contribution in [0.5, 0.6) is 5.75 Å². The van der Waals surface area contributed by atoms with Crippen molar-refractivity contribution in [3.8, 4) is 5.75 Å². The normalized spacial score (nSPS) is 11.7. The minimum absolute atomic E-state index is 0.252. The Morgan fingerprint density at radius 1 is 1.41 bits per heavy atom. The highest BCUT2D eigenvalue weighted by Gasteiger charge is 2.22. The highest BCUT2D eigenvalue weighted by molar-refractivity contribution is 5.56. The molecule has 0 aromatic carbocycles. The summed E-state index contributed by atoms with van der Waals surface area (Å²) >= 11 is 0. The van der Waals surface area contributed by atoms with E-state index < -0.39 is 0 Å². The molecule has 0 amide bonds. The number of pyridine rings is 1. The monoisotopic (exact) mass is 236 g/mol. The molecule has 0 spiro atoms. The summed E-state index contributed by atoms with van der Waals surface area (Å²) < 4.78 is 5.30. The highest BCUT2D eigenvalue weighted by atomic mass is 16.5. The van der Waals surface area contributed by atoms with E-state index in [9.17, 15) is 0 Å². The first-order valence-corrected chi connectivity index (χ1v) is 6.11. The SMILES string of the molecule is COc1cnc(C)cc1NCC(C)(C)C(C)C. The molecule has 0 atom stereocenters. The average Bonchev–Trinajstić information content (AvgIpc) is 2.26. The Hall–Kier alpha value is -1.25. The Kier molecular flexibility index (Phi) is 4.38. The second kappa shape index (κ2) is 5.39. The lowest BCUT2D eigenvalue weighted by atomic mass is 9.81. The minimum Gasteiger partial charge on any atom is -0.493 e. The zero-order chi connectivity index (χ0) is 13.1. The molecule has 3 heteroatoms. The first kappa shape index (κ1) is 13.8. The fraction of sp³-hybridized carbons (Fsp3) is 0.643. The summed E-state index contributed by atoms with van der Waals surface area (Å²) in [4.78, 5) is 4.23. The molecule has 0 aliphatic carbocycles. The summed E-state index contributed by atoms with van der Waals surface area (Å²) in [7, 11) is 1.67. The van der Waals surface area contributed by atoms with Gasteiger partial charge in [0, 0.05) is 12.2 Å². The van der Waals surface area contributed by atoms with Gasteiger partial charge in [-0.15, -0.1) is 0 Å². The zero-order valence-electron chi connectivity index (χ0n) is 11.8. The Morgan fingerprint density at radius 2 is 2.06 bits per heavy atom. The van der Waals surface area contributed by atoms with Crippen molar-refractivity contribution in [3.05, 3.63) is 18.0 Å². The molecule has 1 rings (SSSR count). The first-order valence-electron chi connectivity index (χ1n) is 6.11. The summed E-state index contributed by atoms with van der Waals surface area (Å²) in [6.07, 6.45) is 1.76. The predicted octanol–water partition coefficient (Wildman–Crippen LogP) is 3.49. The van der Waals surface area contributed by atoms with Crippen molar-refractivity contribution in [1.29, 1.82) is 0 Å². The van der Waals surface area contributed by atoms with Crippen LogP contribution in [0, 0.1) is 18.3 Å². The van der Waals surface area contributed by atoms with Crippen LogP contribution in [0.2, 0.25) is 0 Å². The molecular formula is C14H24N2O. The van der Waals surface area contributed by atoms with Crippen molar-refractivity contribution in [2.75, 3.05) is 19.0 Å². The van der Waals surface area contributed by atoms with Gasteiger partial charge in [-0.1, -0.05) is 27.7 Å². The van der Waals surface area contributed by atoms with E-state index in [1.165, 1.54) is 0 Å². The van der Waals surface area contributed by atoms with E-state index in [0.29, 0.717) is 5.92 Å². The maximum atomic E-state index is 5.30. The molecule has 0 aliphatic heterocycles. The van der Waals surface area contributed by atoms with Crippen molar-refractivity contribution < 1.29 is 4.74 Å². The Morgan fingerprint density at radius 3 is 2.59 bits per heavy atom. The van der Waals surface area contributed by atoms with Gasteiger partial charge in [-0.25, -0.2) is 0 Å². The maximum Gasteiger partial charge on any atom is 0.160 e. The van der Waals surface area contributed by atoms with Gasteiger partial charge < -0.3 is 10.1 Å². The number of hydrogen-bond donors (Lipinski definition) is 1. The van der Waals surface area contributed by atoms with Crippen LogP contribution in [0.1, 0.15) is 33.4 Å². The van der Waals surface area contributed by atoms with Crippen molar-refractivity contribution in [2.24, 2.45) is 11.3 Å². The molecule has 0 saturated heterocycles. The third-order valence-corrected chi connectivity index (χ3v) is 3.52. The van der Waals surface area contributed by atoms with Crippen LogP contribution in [0.15, 0.2) is 12.3 Å². The van der Waals surface area contributed by atoms with Gasteiger partial charge in [-0.2, -0.15) is 0 Å². The fourth-order valence-corrected chi connectivity index (χ4v) is 1.38. The van der Waals surface area contributed by atoms with E-state index in [0.717, 1.165) is 23.7 Å². The molecule has 0 unspecified atom stereocenters. The van der Waals surface area contributed by atoms with Gasteiger partial charge in [-0.05, 0) is 24.3 Å². The molecule has 1 aromatic rings. The zero-order valence-corrected chi connectivity index (χ0v) is 11.8. The average molecular weight is 236 g/mol. The molecular weight excluding hydrogens is 212 g/mol. The number of aryl methyl sites for hydroxylation is 1. The predicted molar refractivity (Wildman–Crippen MR) is 72.6 cm³/mol. The molecule has 0 fully saturated rings. The van der Waals surface area contributed by atoms with Crippen molar-refractivity contribution in [2.45, 2.75) is 34.6 Å². The molecule has 17 heavy (non-hydrogen) atoms. The van der Waals surface area contributed by atoms with E-state index in [-0.39, 0.29) is 5.41 Å². The second-order valence-electron chi connectivity index (χ2n) is 5.52. The number of ether oxygens (including phenoxy) is 1. The highest BCUT2D eigenvalue weighted by Crippen LogP contribution is 2.29. The van der Waals surface area contributed by atoms with Crippen LogP contribution in [-0.4, -0.2) is 18.6 Å². The third kappa shape index (κ3) is 3.62. The number of rotatable bonds is 5. The Balaban J connectivity index is 2.78. The maximum absolute atomic E-state index is 5.30. The first-order chi connectivity index (χ1) is 7.86. The lowest BCUT2D eigenvalue weighted by Crippen LogP contribution is -2.28. The molecule has 0 aliphatic rings. The van der Waals surface area contributed by atoms with Crippen LogP contribution >= 0.6 is 0 Å². The molecule has 0 radical (unpaired) electrons. The standard InChI is InChI=1S/C14H24N2O/c1-10(2)14(4,5)9-16-12-7-11(3)15-8-13(12)17-6/h7-8,10H,9H2,1-6H3,(H,15,16). The van der Waals surface area contributed by atoms with E-state index in [4.69, 9.17) is 4.74 Å². The topological polar surface area (TPSA) is 34.1 Å². The number of nitrogens with one attached hydrogen (secondary N) is 1. The summed E-state index contributed by atoms with van der Waals surface area (Å²) in [6, 6.07) is 2.02. The van der Waals surface area contributed by atoms with Gasteiger partial charge in [0.05, 0.1) is 19.0 Å². The van der Waals surface area contributed by atoms with E-state index in [1.54, 1.807) is 13.3 Å². The van der Waals surface area contributed by atoms with Crippen molar-refractivity contribution >= 4 is 5.69 Å². The van der Waals surface area contributed by atoms with Gasteiger partial charge in [0.2, 0.25) is 0 Å². The molecule has 96 valence electrons. The molecule has 1 aromatic heterocycles. The van der Waals surface area contributed by atoms with Gasteiger partial charge in [0.1, 0.15) is 0 Å². The van der Waals surface area contributed by atoms with Crippen molar-refractivity contribution in [1.82, 2.24) is 4.98 Å². The van der Waals surface area contributed by atoms with E-state index in [2.05, 4.69) is 38.0 Å². The summed E-state index contributed by atoms with van der Waals surface area (Å²) in [6.45, 7) is 11.9. The number of aromatic nitrogens is 1. The van der Waals surface area contributed by atoms with Crippen LogP contribution in [0.3, 0.4) is 0 Å². The minimum atomic E-state index is 0.252. The Bertz CT molecular complexity index is 372. The van der Waals surface area contributed by atoms with Crippen LogP contribution < -0.4 is 10.1 Å². The van der Waals surface area contributed by atoms with Gasteiger partial charge in [0.25, 0.3) is 0 Å². The molecule has 3 nitrogen and oxygen atoms in total. The largest absolute Gasteiger partial charge is 0.493 e. The second-order valence-corrected chi connectivity index (χ2v) is 5.52. The fourth-order valence-electron chi connectivity index (χ4n) is 1.38. The van der Waals surface area contributed by atoms with Gasteiger partial charge in [-0.3, -0.25) is 4.98 Å². The molecule has 0 bridgehead atoms. The molecule has 0 saturated carbocycles. The Labute approximate surface area is 105 Å². The van der Waals surface area contributed by atoms with Crippen molar-refractivity contribution in [3.63, 3.8) is 0 Å². The number of anilines is 1. The number of nitrogens with zero attached hydrogens (tertiary/aromatic N) is 1. The summed E-state index contributed by atoms with van der Waals surface area (Å²) in [5, 5.41) is 3.46. The lowest BCUT2D eigenvalue weighted by Gasteiger charge is -2.30. The quantitative estimate of drug-likeness (QED) is 0.849. The smallest absolute Gasteiger partial charge is 0.160 e. The van der Waals surface area contributed by atoms with E-state index >= 15 is 0 Å². The third-order valence-electron chi connectivity index (χ3n) is 3.52. The molecule has 1 N–H and O–H groups in total. The van der Waals surface area contributed by atoms with Crippen LogP contribution in [0.25, 0.3) is 0 Å². The molecule has 1 heterocycles. The number of hydrogen-bond acceptors (Lipinski definition) is 3. The van der Waals surface area contributed by atoms with Gasteiger partial charge >= 0.3 is 0 Å². The van der Waals surface area contributed by atoms with E-state index in [1.807, 2.05) is 13.0 Å². The summed E-state index contributed by atoms with van der Waals surface area (Å²) in [5.41, 5.74) is 2.27. The summed E-state index contributed by atoms with van der Waals surface area (Å²) in [5.74, 6) is 1.43. The van der Waals surface area contributed by atoms with Crippen LogP contribution in [0.4, 0.5) is 5.69 Å².